The summed E-state index contributed by atoms with van der Waals surface area (Å²) in [5.74, 6) is -0.0652. The molecule has 7 heteroatoms. The molecule has 3 rings (SSSR count). The van der Waals surface area contributed by atoms with Crippen molar-refractivity contribution in [2.45, 2.75) is 12.8 Å². The summed E-state index contributed by atoms with van der Waals surface area (Å²) in [7, 11) is 1.32. The Labute approximate surface area is 170 Å². The molecule has 0 bridgehead atoms. The Balaban J connectivity index is 1.40. The molecule has 2 aromatic carbocycles. The van der Waals surface area contributed by atoms with Crippen molar-refractivity contribution in [3.63, 3.8) is 0 Å². The minimum atomic E-state index is -0.423. The first-order chi connectivity index (χ1) is 14.0. The molecule has 1 atom stereocenters. The van der Waals surface area contributed by atoms with Crippen LogP contribution in [0.15, 0.2) is 54.6 Å². The Morgan fingerprint density at radius 1 is 1.07 bits per heavy atom. The van der Waals surface area contributed by atoms with Crippen molar-refractivity contribution in [1.82, 2.24) is 10.2 Å². The number of ether oxygens (including phenoxy) is 1. The second kappa shape index (κ2) is 9.73. The molecule has 1 unspecified atom stereocenters. The molecule has 3 amide bonds. The summed E-state index contributed by atoms with van der Waals surface area (Å²) in [6, 6.07) is 15.9. The van der Waals surface area contributed by atoms with Crippen molar-refractivity contribution < 1.29 is 19.1 Å². The van der Waals surface area contributed by atoms with Gasteiger partial charge in [0.05, 0.1) is 19.1 Å². The van der Waals surface area contributed by atoms with Crippen LogP contribution in [0, 0.1) is 5.92 Å². The third kappa shape index (κ3) is 5.81. The highest BCUT2D eigenvalue weighted by Crippen LogP contribution is 2.17. The average molecular weight is 395 g/mol. The molecule has 0 saturated carbocycles. The van der Waals surface area contributed by atoms with Gasteiger partial charge in [0.2, 0.25) is 5.91 Å². The van der Waals surface area contributed by atoms with Gasteiger partial charge in [-0.25, -0.2) is 9.59 Å². The van der Waals surface area contributed by atoms with Crippen LogP contribution >= 0.6 is 0 Å². The zero-order valence-electron chi connectivity index (χ0n) is 16.4. The van der Waals surface area contributed by atoms with Gasteiger partial charge in [0.1, 0.15) is 0 Å². The smallest absolute Gasteiger partial charge is 0.337 e. The van der Waals surface area contributed by atoms with Crippen LogP contribution in [0.2, 0.25) is 0 Å². The summed E-state index contributed by atoms with van der Waals surface area (Å²) in [5, 5.41) is 5.59. The summed E-state index contributed by atoms with van der Waals surface area (Å²) >= 11 is 0. The zero-order valence-corrected chi connectivity index (χ0v) is 16.4. The van der Waals surface area contributed by atoms with Gasteiger partial charge in [-0.2, -0.15) is 0 Å². The number of benzene rings is 2. The number of amides is 3. The minimum Gasteiger partial charge on any atom is -0.465 e. The number of nitrogens with one attached hydrogen (secondary N) is 2. The van der Waals surface area contributed by atoms with Crippen molar-refractivity contribution in [2.24, 2.45) is 5.92 Å². The van der Waals surface area contributed by atoms with Gasteiger partial charge in [0.25, 0.3) is 0 Å². The van der Waals surface area contributed by atoms with Crippen LogP contribution in [0.3, 0.4) is 0 Å². The molecule has 1 fully saturated rings. The van der Waals surface area contributed by atoms with Gasteiger partial charge in [-0.15, -0.1) is 0 Å². The van der Waals surface area contributed by atoms with Crippen molar-refractivity contribution in [2.75, 3.05) is 32.1 Å². The van der Waals surface area contributed by atoms with E-state index in [4.69, 9.17) is 0 Å². The minimum absolute atomic E-state index is 0.119. The van der Waals surface area contributed by atoms with Crippen LogP contribution in [0.5, 0.6) is 0 Å². The third-order valence-electron chi connectivity index (χ3n) is 4.95. The number of esters is 1. The molecule has 0 aliphatic carbocycles. The lowest BCUT2D eigenvalue weighted by Crippen LogP contribution is -2.35. The second-order valence-electron chi connectivity index (χ2n) is 7.06. The quantitative estimate of drug-likeness (QED) is 0.736. The van der Waals surface area contributed by atoms with Crippen LogP contribution in [-0.4, -0.2) is 49.6 Å². The molecule has 2 N–H and O–H groups in total. The van der Waals surface area contributed by atoms with E-state index in [0.29, 0.717) is 37.3 Å². The highest BCUT2D eigenvalue weighted by Gasteiger charge is 2.26. The molecule has 1 heterocycles. The molecule has 2 aromatic rings. The first-order valence-electron chi connectivity index (χ1n) is 9.60. The van der Waals surface area contributed by atoms with Gasteiger partial charge < -0.3 is 20.3 Å². The number of likely N-dealkylation sites (tertiary alicyclic amines) is 1. The molecule has 1 saturated heterocycles. The number of urea groups is 1. The van der Waals surface area contributed by atoms with Gasteiger partial charge in [-0.3, -0.25) is 4.79 Å². The van der Waals surface area contributed by atoms with Gasteiger partial charge in [-0.1, -0.05) is 30.3 Å². The lowest BCUT2D eigenvalue weighted by atomic mass is 10.1. The Hall–Kier alpha value is -3.35. The number of hydrogen-bond acceptors (Lipinski definition) is 4. The maximum Gasteiger partial charge on any atom is 0.337 e. The van der Waals surface area contributed by atoms with Gasteiger partial charge >= 0.3 is 12.0 Å². The van der Waals surface area contributed by atoms with E-state index < -0.39 is 5.97 Å². The Morgan fingerprint density at radius 2 is 1.79 bits per heavy atom. The topological polar surface area (TPSA) is 87.7 Å². The van der Waals surface area contributed by atoms with E-state index in [1.54, 1.807) is 24.3 Å². The number of nitrogens with zero attached hydrogens (tertiary/aromatic N) is 1. The number of rotatable bonds is 6. The fourth-order valence-corrected chi connectivity index (χ4v) is 3.33. The van der Waals surface area contributed by atoms with E-state index >= 15 is 0 Å². The maximum atomic E-state index is 12.4. The van der Waals surface area contributed by atoms with Crippen molar-refractivity contribution in [1.29, 1.82) is 0 Å². The highest BCUT2D eigenvalue weighted by atomic mass is 16.5. The molecule has 0 spiro atoms. The molecule has 0 aromatic heterocycles. The van der Waals surface area contributed by atoms with Gasteiger partial charge in [-0.05, 0) is 42.2 Å². The summed E-state index contributed by atoms with van der Waals surface area (Å²) in [5.41, 5.74) is 2.02. The Bertz CT molecular complexity index is 852. The standard InChI is InChI=1S/C22H25N3O4/c1-29-21(27)18-7-9-19(10-8-18)24-22(28)23-14-17-11-12-25(15-17)20(26)13-16-5-3-2-4-6-16/h2-10,17H,11-15H2,1H3,(H2,23,24,28). The first kappa shape index (κ1) is 20.4. The molecule has 29 heavy (non-hydrogen) atoms. The molecule has 0 radical (unpaired) electrons. The lowest BCUT2D eigenvalue weighted by Gasteiger charge is -2.17. The normalized spacial score (nSPS) is 15.6. The lowest BCUT2D eigenvalue weighted by molar-refractivity contribution is -0.129. The fraction of sp³-hybridized carbons (Fsp3) is 0.318. The van der Waals surface area contributed by atoms with Crippen LogP contribution in [-0.2, 0) is 16.0 Å². The van der Waals surface area contributed by atoms with Gasteiger partial charge in [0, 0.05) is 25.3 Å². The monoisotopic (exact) mass is 395 g/mol. The predicted octanol–water partition coefficient (Wildman–Crippen LogP) is 2.69. The predicted molar refractivity (Wildman–Crippen MR) is 110 cm³/mol. The summed E-state index contributed by atoms with van der Waals surface area (Å²) < 4.78 is 4.64. The summed E-state index contributed by atoms with van der Waals surface area (Å²) in [4.78, 5) is 37.8. The molecule has 152 valence electrons. The van der Waals surface area contributed by atoms with E-state index in [-0.39, 0.29) is 17.9 Å². The number of carbonyl (C=O) groups is 3. The van der Waals surface area contributed by atoms with Crippen LogP contribution in [0.25, 0.3) is 0 Å². The molecular formula is C22H25N3O4. The number of methoxy groups -OCH3 is 1. The third-order valence-corrected chi connectivity index (χ3v) is 4.95. The van der Waals surface area contributed by atoms with E-state index in [1.807, 2.05) is 35.2 Å². The largest absolute Gasteiger partial charge is 0.465 e. The van der Waals surface area contributed by atoms with Gasteiger partial charge in [0.15, 0.2) is 0 Å². The van der Waals surface area contributed by atoms with Crippen LogP contribution < -0.4 is 10.6 Å². The van der Waals surface area contributed by atoms with Crippen molar-refractivity contribution in [3.05, 3.63) is 65.7 Å². The van der Waals surface area contributed by atoms with E-state index in [2.05, 4.69) is 15.4 Å². The van der Waals surface area contributed by atoms with Crippen molar-refractivity contribution in [3.8, 4) is 0 Å². The molecule has 7 nitrogen and oxygen atoms in total. The maximum absolute atomic E-state index is 12.4. The van der Waals surface area contributed by atoms with Crippen molar-refractivity contribution >= 4 is 23.6 Å². The van der Waals surface area contributed by atoms with E-state index in [9.17, 15) is 14.4 Å². The Kier molecular flexibility index (Phi) is 6.84. The highest BCUT2D eigenvalue weighted by molar-refractivity contribution is 5.92. The number of anilines is 1. The molecule has 1 aliphatic rings. The Morgan fingerprint density at radius 3 is 2.48 bits per heavy atom. The molecular weight excluding hydrogens is 370 g/mol. The zero-order chi connectivity index (χ0) is 20.6. The average Bonchev–Trinajstić information content (AvgIpc) is 3.22. The fourth-order valence-electron chi connectivity index (χ4n) is 3.33. The van der Waals surface area contributed by atoms with Crippen LogP contribution in [0.4, 0.5) is 10.5 Å². The van der Waals surface area contributed by atoms with E-state index in [0.717, 1.165) is 12.0 Å². The van der Waals surface area contributed by atoms with E-state index in [1.165, 1.54) is 7.11 Å². The van der Waals surface area contributed by atoms with Crippen LogP contribution in [0.1, 0.15) is 22.3 Å². The number of hydrogen-bond donors (Lipinski definition) is 2. The first-order valence-corrected chi connectivity index (χ1v) is 9.60. The summed E-state index contributed by atoms with van der Waals surface area (Å²) in [6.07, 6.45) is 1.28. The number of carbonyl (C=O) groups excluding carboxylic acids is 3. The summed E-state index contributed by atoms with van der Waals surface area (Å²) in [6.45, 7) is 1.87. The second-order valence-corrected chi connectivity index (χ2v) is 7.06. The molecule has 1 aliphatic heterocycles. The SMILES string of the molecule is COC(=O)c1ccc(NC(=O)NCC2CCN(C(=O)Cc3ccccc3)C2)cc1.